The Labute approximate surface area is 162 Å². The Hall–Kier alpha value is -3.28. The molecule has 5 nitrogen and oxygen atoms in total. The average Bonchev–Trinajstić information content (AvgIpc) is 3.09. The Bertz CT molecular complexity index is 1220. The van der Waals surface area contributed by atoms with Crippen molar-refractivity contribution in [1.29, 1.82) is 0 Å². The molecule has 0 amide bonds. The van der Waals surface area contributed by atoms with E-state index in [1.54, 1.807) is 23.0 Å². The zero-order chi connectivity index (χ0) is 19.8. The second kappa shape index (κ2) is 7.03. The van der Waals surface area contributed by atoms with Crippen molar-refractivity contribution in [3.63, 3.8) is 0 Å². The minimum atomic E-state index is -0.333. The van der Waals surface area contributed by atoms with E-state index in [4.69, 9.17) is 0 Å². The molecular weight excluding hydrogens is 355 g/mol. The molecule has 0 aliphatic carbocycles. The number of hydrogen-bond donors (Lipinski definition) is 0. The van der Waals surface area contributed by atoms with Crippen LogP contribution in [0.3, 0.4) is 0 Å². The molecule has 0 saturated heterocycles. The second-order valence-corrected chi connectivity index (χ2v) is 7.24. The first-order valence-corrected chi connectivity index (χ1v) is 9.25. The second-order valence-electron chi connectivity index (χ2n) is 7.24. The van der Waals surface area contributed by atoms with Crippen molar-refractivity contribution in [2.24, 2.45) is 0 Å². The third-order valence-electron chi connectivity index (χ3n) is 4.82. The fraction of sp³-hybridized carbons (Fsp3) is 0.227. The predicted molar refractivity (Wildman–Crippen MR) is 107 cm³/mol. The number of halogens is 1. The van der Waals surface area contributed by atoms with E-state index in [1.165, 1.54) is 16.8 Å². The zero-order valence-corrected chi connectivity index (χ0v) is 16.1. The van der Waals surface area contributed by atoms with Crippen LogP contribution in [0.4, 0.5) is 4.39 Å². The lowest BCUT2D eigenvalue weighted by atomic mass is 10.1. The van der Waals surface area contributed by atoms with Gasteiger partial charge in [-0.25, -0.2) is 13.8 Å². The van der Waals surface area contributed by atoms with Crippen molar-refractivity contribution in [1.82, 2.24) is 19.6 Å². The predicted octanol–water partition coefficient (Wildman–Crippen LogP) is 4.20. The van der Waals surface area contributed by atoms with Gasteiger partial charge in [0.25, 0.3) is 5.56 Å². The number of hydrogen-bond acceptors (Lipinski definition) is 3. The van der Waals surface area contributed by atoms with Gasteiger partial charge in [-0.3, -0.25) is 4.79 Å². The van der Waals surface area contributed by atoms with Crippen molar-refractivity contribution < 1.29 is 4.39 Å². The Morgan fingerprint density at radius 1 is 1.11 bits per heavy atom. The topological polar surface area (TPSA) is 52.7 Å². The molecule has 0 spiro atoms. The van der Waals surface area contributed by atoms with Gasteiger partial charge in [0.2, 0.25) is 0 Å². The molecule has 0 fully saturated rings. The van der Waals surface area contributed by atoms with Gasteiger partial charge in [-0.1, -0.05) is 44.2 Å². The van der Waals surface area contributed by atoms with E-state index in [-0.39, 0.29) is 23.8 Å². The minimum Gasteiger partial charge on any atom is -0.265 e. The van der Waals surface area contributed by atoms with E-state index in [0.29, 0.717) is 11.1 Å². The lowest BCUT2D eigenvalue weighted by molar-refractivity contribution is 0.599. The maximum Gasteiger partial charge on any atom is 0.293 e. The Morgan fingerprint density at radius 2 is 1.89 bits per heavy atom. The maximum atomic E-state index is 13.6. The summed E-state index contributed by atoms with van der Waals surface area (Å²) in [5.41, 5.74) is 3.60. The van der Waals surface area contributed by atoms with Crippen molar-refractivity contribution in [2.45, 2.75) is 33.2 Å². The van der Waals surface area contributed by atoms with E-state index in [1.807, 2.05) is 45.0 Å². The monoisotopic (exact) mass is 376 g/mol. The van der Waals surface area contributed by atoms with Gasteiger partial charge in [0.05, 0.1) is 24.1 Å². The van der Waals surface area contributed by atoms with Gasteiger partial charge in [-0.15, -0.1) is 0 Å². The lowest BCUT2D eigenvalue weighted by Gasteiger charge is -2.13. The van der Waals surface area contributed by atoms with Gasteiger partial charge in [0, 0.05) is 5.39 Å². The molecule has 4 aromatic rings. The first-order valence-electron chi connectivity index (χ1n) is 9.25. The number of aryl methyl sites for hydroxylation is 1. The van der Waals surface area contributed by atoms with Crippen LogP contribution in [0.15, 0.2) is 59.5 Å². The molecule has 0 atom stereocenters. The SMILES string of the molecule is Cc1ccccc1-n1ncc2c(C(C)C)nn(Cc3cccc(F)c3)c(=O)c21. The summed E-state index contributed by atoms with van der Waals surface area (Å²) in [5.74, 6) is -0.225. The van der Waals surface area contributed by atoms with E-state index < -0.39 is 0 Å². The summed E-state index contributed by atoms with van der Waals surface area (Å²) in [4.78, 5) is 13.3. The van der Waals surface area contributed by atoms with Crippen LogP contribution < -0.4 is 5.56 Å². The molecule has 0 aliphatic rings. The summed E-state index contributed by atoms with van der Waals surface area (Å²) >= 11 is 0. The van der Waals surface area contributed by atoms with Crippen LogP contribution >= 0.6 is 0 Å². The summed E-state index contributed by atoms with van der Waals surface area (Å²) < 4.78 is 16.7. The molecule has 28 heavy (non-hydrogen) atoms. The summed E-state index contributed by atoms with van der Waals surface area (Å²) in [7, 11) is 0. The Kier molecular flexibility index (Phi) is 4.55. The third-order valence-corrected chi connectivity index (χ3v) is 4.82. The molecule has 2 heterocycles. The van der Waals surface area contributed by atoms with Crippen LogP contribution in [0.2, 0.25) is 0 Å². The average molecular weight is 376 g/mol. The minimum absolute atomic E-state index is 0.108. The third kappa shape index (κ3) is 3.11. The van der Waals surface area contributed by atoms with Gasteiger partial charge in [-0.2, -0.15) is 10.2 Å². The fourth-order valence-corrected chi connectivity index (χ4v) is 3.42. The van der Waals surface area contributed by atoms with Crippen LogP contribution in [0.1, 0.15) is 36.6 Å². The van der Waals surface area contributed by atoms with E-state index >= 15 is 0 Å². The highest BCUT2D eigenvalue weighted by Crippen LogP contribution is 2.24. The standard InChI is InChI=1S/C22H21FN4O/c1-14(2)20-18-12-24-27(19-10-5-4-7-15(19)3)21(18)22(28)26(25-20)13-16-8-6-9-17(23)11-16/h4-12,14H,13H2,1-3H3. The maximum absolute atomic E-state index is 13.6. The summed E-state index contributed by atoms with van der Waals surface area (Å²) in [5, 5.41) is 9.83. The first kappa shape index (κ1) is 18.1. The van der Waals surface area contributed by atoms with Crippen LogP contribution in [-0.4, -0.2) is 19.6 Å². The molecule has 0 N–H and O–H groups in total. The molecule has 4 rings (SSSR count). The molecule has 0 unspecified atom stereocenters. The smallest absolute Gasteiger partial charge is 0.265 e. The molecule has 0 radical (unpaired) electrons. The molecule has 0 saturated carbocycles. The first-order chi connectivity index (χ1) is 13.5. The number of para-hydroxylation sites is 1. The molecule has 142 valence electrons. The number of rotatable bonds is 4. The fourth-order valence-electron chi connectivity index (χ4n) is 3.42. The van der Waals surface area contributed by atoms with Crippen LogP contribution in [0, 0.1) is 12.7 Å². The molecule has 0 aliphatic heterocycles. The van der Waals surface area contributed by atoms with E-state index in [2.05, 4.69) is 10.2 Å². The van der Waals surface area contributed by atoms with Gasteiger partial charge in [0.15, 0.2) is 0 Å². The van der Waals surface area contributed by atoms with Gasteiger partial charge in [-0.05, 0) is 42.2 Å². The Balaban J connectivity index is 1.97. The number of fused-ring (bicyclic) bond motifs is 1. The van der Waals surface area contributed by atoms with Gasteiger partial charge >= 0.3 is 0 Å². The van der Waals surface area contributed by atoms with Gasteiger partial charge in [0.1, 0.15) is 11.3 Å². The zero-order valence-electron chi connectivity index (χ0n) is 16.1. The van der Waals surface area contributed by atoms with Crippen LogP contribution in [0.5, 0.6) is 0 Å². The number of benzene rings is 2. The van der Waals surface area contributed by atoms with E-state index in [0.717, 1.165) is 22.3 Å². The van der Waals surface area contributed by atoms with Crippen molar-refractivity contribution in [3.05, 3.63) is 87.7 Å². The normalized spacial score (nSPS) is 11.5. The molecule has 2 aromatic heterocycles. The van der Waals surface area contributed by atoms with Crippen molar-refractivity contribution in [3.8, 4) is 5.69 Å². The quantitative estimate of drug-likeness (QED) is 0.536. The molecule has 2 aromatic carbocycles. The number of nitrogens with zero attached hydrogens (tertiary/aromatic N) is 4. The lowest BCUT2D eigenvalue weighted by Crippen LogP contribution is -2.27. The summed E-state index contributed by atoms with van der Waals surface area (Å²) in [6, 6.07) is 14.0. The summed E-state index contributed by atoms with van der Waals surface area (Å²) in [6.45, 7) is 6.25. The Morgan fingerprint density at radius 3 is 2.61 bits per heavy atom. The molecular formula is C22H21FN4O. The number of aromatic nitrogens is 4. The van der Waals surface area contributed by atoms with Gasteiger partial charge < -0.3 is 0 Å². The van der Waals surface area contributed by atoms with Crippen molar-refractivity contribution >= 4 is 10.9 Å². The van der Waals surface area contributed by atoms with E-state index in [9.17, 15) is 9.18 Å². The van der Waals surface area contributed by atoms with Crippen LogP contribution in [-0.2, 0) is 6.54 Å². The molecule has 6 heteroatoms. The van der Waals surface area contributed by atoms with Crippen LogP contribution in [0.25, 0.3) is 16.6 Å². The molecule has 0 bridgehead atoms. The van der Waals surface area contributed by atoms with Crippen molar-refractivity contribution in [2.75, 3.05) is 0 Å². The highest BCUT2D eigenvalue weighted by Gasteiger charge is 2.19. The largest absolute Gasteiger partial charge is 0.293 e. The summed E-state index contributed by atoms with van der Waals surface area (Å²) in [6.07, 6.45) is 1.71. The highest BCUT2D eigenvalue weighted by atomic mass is 19.1. The highest BCUT2D eigenvalue weighted by molar-refractivity contribution is 5.82.